The Morgan fingerprint density at radius 1 is 1.07 bits per heavy atom. The van der Waals surface area contributed by atoms with Crippen LogP contribution in [0.25, 0.3) is 0 Å². The maximum absolute atomic E-state index is 13.5. The van der Waals surface area contributed by atoms with Crippen LogP contribution in [0.5, 0.6) is 5.75 Å². The van der Waals surface area contributed by atoms with E-state index in [1.807, 2.05) is 29.2 Å². The van der Waals surface area contributed by atoms with Gasteiger partial charge in [0.05, 0.1) is 17.3 Å². The number of aromatic hydroxyl groups is 1. The highest BCUT2D eigenvalue weighted by Crippen LogP contribution is 2.52. The van der Waals surface area contributed by atoms with Crippen molar-refractivity contribution in [1.82, 2.24) is 4.90 Å². The molecule has 5 heteroatoms. The molecule has 2 aromatic rings. The molecule has 1 saturated heterocycles. The van der Waals surface area contributed by atoms with Crippen LogP contribution in [0.15, 0.2) is 53.0 Å². The first-order valence-electron chi connectivity index (χ1n) is 11.0. The topological polar surface area (TPSA) is 52.6 Å². The number of allylic oxidation sites excluding steroid dienone is 2. The van der Waals surface area contributed by atoms with Gasteiger partial charge in [0.25, 0.3) is 5.91 Å². The molecular formula is C25H27BrN2O2. The monoisotopic (exact) mass is 466 g/mol. The van der Waals surface area contributed by atoms with Gasteiger partial charge in [-0.3, -0.25) is 4.79 Å². The van der Waals surface area contributed by atoms with Gasteiger partial charge >= 0.3 is 0 Å². The first kappa shape index (κ1) is 19.7. The van der Waals surface area contributed by atoms with Crippen molar-refractivity contribution in [3.63, 3.8) is 0 Å². The van der Waals surface area contributed by atoms with Crippen molar-refractivity contribution in [1.29, 1.82) is 0 Å². The quantitative estimate of drug-likeness (QED) is 0.533. The van der Waals surface area contributed by atoms with Gasteiger partial charge in [-0.2, -0.15) is 0 Å². The standard InChI is InChI=1S/C25H27BrN2O2/c26-16-11-12-22(29)21(15-16)24-19-8-5-7-17(19)18-9-6-10-20(23(18)27-24)25(30)28-13-3-1-2-4-14-28/h5-7,9-12,15,17,19,24,27,29H,1-4,8,13-14H2. The Morgan fingerprint density at radius 2 is 1.87 bits per heavy atom. The zero-order valence-corrected chi connectivity index (χ0v) is 18.6. The molecule has 3 unspecified atom stereocenters. The van der Waals surface area contributed by atoms with E-state index in [0.717, 1.165) is 53.6 Å². The van der Waals surface area contributed by atoms with E-state index < -0.39 is 0 Å². The molecule has 2 aliphatic heterocycles. The maximum Gasteiger partial charge on any atom is 0.255 e. The summed E-state index contributed by atoms with van der Waals surface area (Å²) in [7, 11) is 0. The van der Waals surface area contributed by atoms with Crippen LogP contribution >= 0.6 is 15.9 Å². The lowest BCUT2D eigenvalue weighted by atomic mass is 9.76. The van der Waals surface area contributed by atoms with Crippen LogP contribution in [-0.2, 0) is 0 Å². The van der Waals surface area contributed by atoms with Crippen molar-refractivity contribution in [2.75, 3.05) is 18.4 Å². The van der Waals surface area contributed by atoms with Gasteiger partial charge < -0.3 is 15.3 Å². The lowest BCUT2D eigenvalue weighted by Crippen LogP contribution is -2.35. The Balaban J connectivity index is 1.56. The second-order valence-corrected chi connectivity index (χ2v) is 9.57. The third kappa shape index (κ3) is 3.43. The van der Waals surface area contributed by atoms with Gasteiger partial charge in [-0.05, 0) is 55.0 Å². The van der Waals surface area contributed by atoms with Gasteiger partial charge in [0.1, 0.15) is 5.75 Å². The number of nitrogens with one attached hydrogen (secondary N) is 1. The van der Waals surface area contributed by atoms with Gasteiger partial charge in [-0.25, -0.2) is 0 Å². The highest BCUT2D eigenvalue weighted by atomic mass is 79.9. The number of likely N-dealkylation sites (tertiary alicyclic amines) is 1. The van der Waals surface area contributed by atoms with Crippen LogP contribution in [0.4, 0.5) is 5.69 Å². The van der Waals surface area contributed by atoms with Crippen LogP contribution in [0.2, 0.25) is 0 Å². The minimum Gasteiger partial charge on any atom is -0.508 e. The average molecular weight is 467 g/mol. The second-order valence-electron chi connectivity index (χ2n) is 8.65. The number of hydrogen-bond acceptors (Lipinski definition) is 3. The molecule has 1 amide bonds. The van der Waals surface area contributed by atoms with E-state index in [1.54, 1.807) is 6.07 Å². The molecule has 0 saturated carbocycles. The molecule has 0 bridgehead atoms. The van der Waals surface area contributed by atoms with Gasteiger partial charge in [-0.1, -0.05) is 53.1 Å². The van der Waals surface area contributed by atoms with E-state index in [2.05, 4.69) is 39.5 Å². The number of anilines is 1. The molecule has 3 aliphatic rings. The Labute approximate surface area is 186 Å². The zero-order chi connectivity index (χ0) is 20.7. The second kappa shape index (κ2) is 8.10. The van der Waals surface area contributed by atoms with Gasteiger partial charge in [0.15, 0.2) is 0 Å². The van der Waals surface area contributed by atoms with Crippen LogP contribution < -0.4 is 5.32 Å². The summed E-state index contributed by atoms with van der Waals surface area (Å²) in [4.78, 5) is 15.5. The van der Waals surface area contributed by atoms with Gasteiger partial charge in [0, 0.05) is 29.0 Å². The predicted octanol–water partition coefficient (Wildman–Crippen LogP) is 6.00. The molecule has 30 heavy (non-hydrogen) atoms. The van der Waals surface area contributed by atoms with E-state index in [0.29, 0.717) is 11.7 Å². The molecule has 4 nitrogen and oxygen atoms in total. The number of hydrogen-bond donors (Lipinski definition) is 2. The Hall–Kier alpha value is -2.27. The number of phenols is 1. The van der Waals surface area contributed by atoms with Crippen LogP contribution in [-0.4, -0.2) is 29.0 Å². The molecule has 1 fully saturated rings. The third-order valence-corrected chi connectivity index (χ3v) is 7.34. The van der Waals surface area contributed by atoms with E-state index in [-0.39, 0.29) is 17.9 Å². The summed E-state index contributed by atoms with van der Waals surface area (Å²) in [5.74, 6) is 0.989. The first-order valence-corrected chi connectivity index (χ1v) is 11.8. The molecule has 156 valence electrons. The Bertz CT molecular complexity index is 995. The molecule has 2 heterocycles. The third-order valence-electron chi connectivity index (χ3n) is 6.85. The van der Waals surface area contributed by atoms with Crippen LogP contribution in [0.1, 0.15) is 65.5 Å². The van der Waals surface area contributed by atoms with E-state index in [9.17, 15) is 9.90 Å². The molecule has 2 aromatic carbocycles. The summed E-state index contributed by atoms with van der Waals surface area (Å²) in [6.07, 6.45) is 10.0. The molecule has 3 atom stereocenters. The van der Waals surface area contributed by atoms with Crippen LogP contribution in [0.3, 0.4) is 0 Å². The zero-order valence-electron chi connectivity index (χ0n) is 17.0. The molecular weight excluding hydrogens is 440 g/mol. The number of amides is 1. The SMILES string of the molecule is O=C(c1cccc2c1NC(c1cc(Br)ccc1O)C1CC=CC21)N1CCCCCC1. The number of benzene rings is 2. The number of nitrogens with zero attached hydrogens (tertiary/aromatic N) is 1. The number of carbonyl (C=O) groups is 1. The van der Waals surface area contributed by atoms with E-state index in [1.165, 1.54) is 18.4 Å². The van der Waals surface area contributed by atoms with Crippen molar-refractivity contribution in [2.45, 2.75) is 44.1 Å². The van der Waals surface area contributed by atoms with Crippen LogP contribution in [0, 0.1) is 5.92 Å². The highest BCUT2D eigenvalue weighted by Gasteiger charge is 2.40. The van der Waals surface area contributed by atoms with Crippen molar-refractivity contribution in [3.05, 3.63) is 69.7 Å². The van der Waals surface area contributed by atoms with Crippen molar-refractivity contribution in [2.24, 2.45) is 5.92 Å². The largest absolute Gasteiger partial charge is 0.508 e. The highest BCUT2D eigenvalue weighted by molar-refractivity contribution is 9.10. The smallest absolute Gasteiger partial charge is 0.255 e. The molecule has 0 aromatic heterocycles. The number of rotatable bonds is 2. The van der Waals surface area contributed by atoms with E-state index >= 15 is 0 Å². The fraction of sp³-hybridized carbons (Fsp3) is 0.400. The normalized spacial score (nSPS) is 25.2. The average Bonchev–Trinajstić information content (AvgIpc) is 3.09. The van der Waals surface area contributed by atoms with Gasteiger partial charge in [-0.15, -0.1) is 0 Å². The lowest BCUT2D eigenvalue weighted by Gasteiger charge is -2.39. The minimum absolute atomic E-state index is 0.0481. The number of fused-ring (bicyclic) bond motifs is 3. The molecule has 2 N–H and O–H groups in total. The van der Waals surface area contributed by atoms with Crippen molar-refractivity contribution in [3.8, 4) is 5.75 Å². The molecule has 1 aliphatic carbocycles. The number of para-hydroxylation sites is 1. The number of carbonyl (C=O) groups excluding carboxylic acids is 1. The molecule has 5 rings (SSSR count). The maximum atomic E-state index is 13.5. The fourth-order valence-corrected chi connectivity index (χ4v) is 5.70. The summed E-state index contributed by atoms with van der Waals surface area (Å²) in [6, 6.07) is 11.7. The Kier molecular flexibility index (Phi) is 5.32. The predicted molar refractivity (Wildman–Crippen MR) is 123 cm³/mol. The summed E-state index contributed by atoms with van der Waals surface area (Å²) in [5, 5.41) is 14.3. The summed E-state index contributed by atoms with van der Waals surface area (Å²) < 4.78 is 0.944. The molecule has 0 spiro atoms. The fourth-order valence-electron chi connectivity index (χ4n) is 5.33. The summed E-state index contributed by atoms with van der Waals surface area (Å²) in [6.45, 7) is 1.68. The van der Waals surface area contributed by atoms with Crippen molar-refractivity contribution >= 4 is 27.5 Å². The first-order chi connectivity index (χ1) is 14.6. The Morgan fingerprint density at radius 3 is 2.67 bits per heavy atom. The van der Waals surface area contributed by atoms with Gasteiger partial charge in [0.2, 0.25) is 0 Å². The van der Waals surface area contributed by atoms with Crippen molar-refractivity contribution < 1.29 is 9.90 Å². The summed E-state index contributed by atoms with van der Waals surface area (Å²) >= 11 is 3.55. The minimum atomic E-state index is -0.0481. The molecule has 0 radical (unpaired) electrons. The summed E-state index contributed by atoms with van der Waals surface area (Å²) in [5.41, 5.74) is 3.77. The lowest BCUT2D eigenvalue weighted by molar-refractivity contribution is 0.0762. The number of phenolic OH excluding ortho intramolecular Hbond substituents is 1. The van der Waals surface area contributed by atoms with E-state index in [4.69, 9.17) is 0 Å². The number of halogens is 1.